The van der Waals surface area contributed by atoms with Gasteiger partial charge in [0.25, 0.3) is 0 Å². The van der Waals surface area contributed by atoms with Gasteiger partial charge in [0.15, 0.2) is 6.61 Å². The minimum Gasteiger partial charge on any atom is -0.508 e. The molecule has 12 aromatic carbocycles. The van der Waals surface area contributed by atoms with E-state index >= 15 is 0 Å². The molecular weight excluding hydrogens is 1230 g/mol. The number of phenols is 1. The normalized spacial score (nSPS) is 10.9. The smallest absolute Gasteiger partial charge is 0.341 e. The average molecular weight is 1310 g/mol. The molecule has 0 aliphatic carbocycles. The maximum Gasteiger partial charge on any atom is 0.341 e. The minimum absolute atomic E-state index is 0.389. The summed E-state index contributed by atoms with van der Waals surface area (Å²) >= 11 is 3.53. The summed E-state index contributed by atoms with van der Waals surface area (Å²) in [6.07, 6.45) is 5.13. The maximum absolute atomic E-state index is 11.1. The van der Waals surface area contributed by atoms with Gasteiger partial charge in [-0.1, -0.05) is 239 Å². The van der Waals surface area contributed by atoms with E-state index in [0.717, 1.165) is 104 Å². The third-order valence-corrected chi connectivity index (χ3v) is 16.4. The third kappa shape index (κ3) is 19.6. The Hall–Kier alpha value is -9.83. The van der Waals surface area contributed by atoms with Crippen LogP contribution in [0.3, 0.4) is 0 Å². The highest BCUT2D eigenvalue weighted by Gasteiger charge is 2.16. The molecule has 0 spiro atoms. The topological polar surface area (TPSA) is 104 Å². The van der Waals surface area contributed by atoms with Crippen LogP contribution in [0.15, 0.2) is 259 Å². The molecule has 8 nitrogen and oxygen atoms in total. The van der Waals surface area contributed by atoms with Gasteiger partial charge < -0.3 is 33.9 Å². The van der Waals surface area contributed by atoms with Gasteiger partial charge in [0.05, 0.1) is 14.2 Å². The lowest BCUT2D eigenvalue weighted by Crippen LogP contribution is -2.10. The first-order valence-electron chi connectivity index (χ1n) is 32.3. The standard InChI is InChI=1S/C29H28O4.C28H28O2.C18H15BrO.C10H14O/c1-20(2)16-23-9-4-6-13-28(23)33-25-14-15-27(32-19-29(30)31)24(18-25)17-22-11-7-10-21-8-3-5-12-26(21)22;1-20(2)17-23-10-5-7-14-28(23)30-25-15-16-27(29-3)24(19-25)18-22-12-8-11-21-9-4-6-13-26(21)22;1-20-18-10-9-16(19)12-15(18)11-14-7-4-6-13-5-2-3-8-17(13)14;1-8(2)7-9-5-3-4-6-10(9)11/h3-15,18,20H,16-17,19H2,1-2H3,(H,30,31);4-16,19-20H,17-18H2,1-3H3;2-10,12H,11H2,1H3;3-6,8,11H,7H2,1-2H3. The highest BCUT2D eigenvalue weighted by molar-refractivity contribution is 9.10. The number of carboxylic acids is 1. The summed E-state index contributed by atoms with van der Waals surface area (Å²) in [4.78, 5) is 11.1. The number of hydrogen-bond donors (Lipinski definition) is 2. The van der Waals surface area contributed by atoms with Crippen molar-refractivity contribution < 1.29 is 38.7 Å². The van der Waals surface area contributed by atoms with E-state index in [4.69, 9.17) is 28.8 Å². The number of carbonyl (C=O) groups is 1. The Labute approximate surface area is 563 Å². The third-order valence-electron chi connectivity index (χ3n) is 15.9. The predicted molar refractivity (Wildman–Crippen MR) is 390 cm³/mol. The van der Waals surface area contributed by atoms with Crippen LogP contribution in [0.2, 0.25) is 0 Å². The fourth-order valence-electron chi connectivity index (χ4n) is 11.6. The molecule has 0 fully saturated rings. The van der Waals surface area contributed by atoms with Crippen molar-refractivity contribution in [3.8, 4) is 46.0 Å². The van der Waals surface area contributed by atoms with Gasteiger partial charge in [0.2, 0.25) is 0 Å². The first kappa shape index (κ1) is 68.5. The Kier molecular flexibility index (Phi) is 24.9. The zero-order valence-electron chi connectivity index (χ0n) is 55.2. The fraction of sp³-hybridized carbons (Fsp3) is 0.212. The van der Waals surface area contributed by atoms with Crippen molar-refractivity contribution in [2.24, 2.45) is 17.8 Å². The molecule has 0 heterocycles. The Morgan fingerprint density at radius 2 is 0.702 bits per heavy atom. The Bertz CT molecular complexity index is 4420. The predicted octanol–water partition coefficient (Wildman–Crippen LogP) is 22.1. The van der Waals surface area contributed by atoms with E-state index in [1.54, 1.807) is 26.4 Å². The first-order valence-corrected chi connectivity index (χ1v) is 33.1. The summed E-state index contributed by atoms with van der Waals surface area (Å²) in [6, 6.07) is 86.0. The van der Waals surface area contributed by atoms with Crippen LogP contribution in [0.4, 0.5) is 0 Å². The highest BCUT2D eigenvalue weighted by Crippen LogP contribution is 2.36. The van der Waals surface area contributed by atoms with Crippen LogP contribution in [-0.2, 0) is 43.3 Å². The summed E-state index contributed by atoms with van der Waals surface area (Å²) in [5.41, 5.74) is 10.4. The van der Waals surface area contributed by atoms with Gasteiger partial charge in [-0.3, -0.25) is 0 Å². The van der Waals surface area contributed by atoms with E-state index in [1.807, 2.05) is 103 Å². The summed E-state index contributed by atoms with van der Waals surface area (Å²) in [5.74, 6) is 6.76. The molecule has 0 radical (unpaired) electrons. The zero-order chi connectivity index (χ0) is 66.3. The van der Waals surface area contributed by atoms with Crippen LogP contribution < -0.4 is 23.7 Å². The van der Waals surface area contributed by atoms with Gasteiger partial charge in [-0.05, 0) is 181 Å². The summed E-state index contributed by atoms with van der Waals surface area (Å²) < 4.78 is 30.4. The van der Waals surface area contributed by atoms with Crippen LogP contribution in [-0.4, -0.2) is 37.0 Å². The van der Waals surface area contributed by atoms with E-state index < -0.39 is 5.97 Å². The van der Waals surface area contributed by atoms with Crippen LogP contribution >= 0.6 is 15.9 Å². The number of ether oxygens (including phenoxy) is 5. The van der Waals surface area contributed by atoms with E-state index in [1.165, 1.54) is 43.8 Å². The SMILES string of the molecule is CC(C)Cc1ccccc1O.CC(C)Cc1ccccc1Oc1ccc(OCC(=O)O)c(Cc2cccc3ccccc23)c1.COc1ccc(Br)cc1Cc1cccc2ccccc12.COc1ccc(Oc2ccccc2CC(C)C)cc1Cc1cccc2ccccc12. The van der Waals surface area contributed by atoms with Gasteiger partial charge in [0.1, 0.15) is 46.0 Å². The number of aliphatic carboxylic acids is 1. The molecule has 0 aromatic heterocycles. The van der Waals surface area contributed by atoms with E-state index in [-0.39, 0.29) is 6.61 Å². The summed E-state index contributed by atoms with van der Waals surface area (Å²) in [7, 11) is 3.44. The Balaban J connectivity index is 0.000000157. The first-order chi connectivity index (χ1) is 45.6. The number of methoxy groups -OCH3 is 2. The molecule has 0 atom stereocenters. The highest BCUT2D eigenvalue weighted by atomic mass is 79.9. The fourth-order valence-corrected chi connectivity index (χ4v) is 12.0. The number of carboxylic acid groups (broad SMARTS) is 1. The maximum atomic E-state index is 11.1. The molecule has 0 saturated heterocycles. The molecule has 0 saturated carbocycles. The molecule has 12 rings (SSSR count). The van der Waals surface area contributed by atoms with E-state index in [0.29, 0.717) is 41.4 Å². The summed E-state index contributed by atoms with van der Waals surface area (Å²) in [5, 5.41) is 25.9. The quantitative estimate of drug-likeness (QED) is 0.0733. The van der Waals surface area contributed by atoms with Gasteiger partial charge in [-0.2, -0.15) is 0 Å². The number of halogens is 1. The lowest BCUT2D eigenvalue weighted by atomic mass is 9.98. The van der Waals surface area contributed by atoms with Crippen molar-refractivity contribution in [3.05, 3.63) is 309 Å². The molecule has 0 aliphatic rings. The molecule has 94 heavy (non-hydrogen) atoms. The number of hydrogen-bond acceptors (Lipinski definition) is 7. The second-order valence-corrected chi connectivity index (χ2v) is 25.6. The van der Waals surface area contributed by atoms with Crippen molar-refractivity contribution in [1.82, 2.24) is 0 Å². The van der Waals surface area contributed by atoms with Crippen molar-refractivity contribution in [1.29, 1.82) is 0 Å². The van der Waals surface area contributed by atoms with E-state index in [9.17, 15) is 9.90 Å². The van der Waals surface area contributed by atoms with Crippen LogP contribution in [0.5, 0.6) is 46.0 Å². The molecule has 2 N–H and O–H groups in total. The minimum atomic E-state index is -1.01. The second kappa shape index (κ2) is 34.2. The van der Waals surface area contributed by atoms with Crippen LogP contribution in [0, 0.1) is 17.8 Å². The van der Waals surface area contributed by atoms with Gasteiger partial charge in [-0.15, -0.1) is 0 Å². The molecule has 480 valence electrons. The van der Waals surface area contributed by atoms with Crippen molar-refractivity contribution in [2.75, 3.05) is 20.8 Å². The zero-order valence-corrected chi connectivity index (χ0v) is 56.7. The Morgan fingerprint density at radius 3 is 1.13 bits per heavy atom. The van der Waals surface area contributed by atoms with Crippen molar-refractivity contribution >= 4 is 54.2 Å². The molecule has 9 heteroatoms. The van der Waals surface area contributed by atoms with Gasteiger partial charge >= 0.3 is 5.97 Å². The van der Waals surface area contributed by atoms with Gasteiger partial charge in [0, 0.05) is 34.9 Å². The van der Waals surface area contributed by atoms with Crippen molar-refractivity contribution in [2.45, 2.75) is 80.1 Å². The number of aromatic hydroxyl groups is 1. The number of phenolic OH excluding ortho intramolecular Hbond substituents is 1. The number of rotatable bonds is 21. The van der Waals surface area contributed by atoms with E-state index in [2.05, 4.69) is 197 Å². The summed E-state index contributed by atoms with van der Waals surface area (Å²) in [6.45, 7) is 12.7. The molecule has 12 aromatic rings. The van der Waals surface area contributed by atoms with Crippen LogP contribution in [0.1, 0.15) is 91.6 Å². The number of para-hydroxylation sites is 3. The molecule has 0 bridgehead atoms. The lowest BCUT2D eigenvalue weighted by molar-refractivity contribution is -0.139. The average Bonchev–Trinajstić information content (AvgIpc) is 0.887. The molecule has 0 aliphatic heterocycles. The second-order valence-electron chi connectivity index (χ2n) is 24.7. The lowest BCUT2D eigenvalue weighted by Gasteiger charge is -2.16. The number of benzene rings is 12. The monoisotopic (exact) mass is 1310 g/mol. The molecular formula is C85H85BrO8. The largest absolute Gasteiger partial charge is 0.508 e. The van der Waals surface area contributed by atoms with Crippen LogP contribution in [0.25, 0.3) is 32.3 Å². The molecule has 0 amide bonds. The number of fused-ring (bicyclic) bond motifs is 3. The van der Waals surface area contributed by atoms with Crippen molar-refractivity contribution in [3.63, 3.8) is 0 Å². The van der Waals surface area contributed by atoms with Gasteiger partial charge in [-0.25, -0.2) is 4.79 Å². The molecule has 0 unspecified atom stereocenters. The Morgan fingerprint density at radius 1 is 0.362 bits per heavy atom.